The molecule has 2 aromatic rings. The molecule has 0 radical (unpaired) electrons. The predicted molar refractivity (Wildman–Crippen MR) is 109 cm³/mol. The molecule has 1 saturated heterocycles. The summed E-state index contributed by atoms with van der Waals surface area (Å²) in [5.41, 5.74) is 1.23. The highest BCUT2D eigenvalue weighted by Gasteiger charge is 2.41. The van der Waals surface area contributed by atoms with Gasteiger partial charge in [-0.15, -0.1) is 0 Å². The molecule has 8 nitrogen and oxygen atoms in total. The fraction of sp³-hybridized carbons (Fsp3) is 0.200. The van der Waals surface area contributed by atoms with E-state index in [2.05, 4.69) is 5.32 Å². The van der Waals surface area contributed by atoms with E-state index in [0.29, 0.717) is 11.4 Å². The highest BCUT2D eigenvalue weighted by atomic mass is 32.2. The Morgan fingerprint density at radius 2 is 1.97 bits per heavy atom. The van der Waals surface area contributed by atoms with E-state index < -0.39 is 28.3 Å². The molecule has 1 heterocycles. The van der Waals surface area contributed by atoms with Gasteiger partial charge in [0.15, 0.2) is 0 Å². The second kappa shape index (κ2) is 8.36. The average molecular weight is 414 g/mol. The van der Waals surface area contributed by atoms with Crippen LogP contribution in [0.1, 0.15) is 22.3 Å². The summed E-state index contributed by atoms with van der Waals surface area (Å²) in [7, 11) is 1.48. The first-order chi connectivity index (χ1) is 13.8. The Morgan fingerprint density at radius 1 is 1.21 bits per heavy atom. The molecule has 1 aliphatic heterocycles. The Labute approximate surface area is 170 Å². The van der Waals surface area contributed by atoms with Gasteiger partial charge in [0.2, 0.25) is 11.8 Å². The Kier molecular flexibility index (Phi) is 5.88. The van der Waals surface area contributed by atoms with E-state index in [0.717, 1.165) is 22.2 Å². The molecular weight excluding hydrogens is 396 g/mol. The molecule has 0 saturated carbocycles. The lowest BCUT2D eigenvalue weighted by Gasteiger charge is -2.15. The van der Waals surface area contributed by atoms with E-state index in [4.69, 9.17) is 4.74 Å². The number of anilines is 2. The van der Waals surface area contributed by atoms with E-state index in [1.807, 2.05) is 0 Å². The molecule has 2 aromatic carbocycles. The van der Waals surface area contributed by atoms with Crippen LogP contribution in [0.3, 0.4) is 0 Å². The van der Waals surface area contributed by atoms with E-state index in [-0.39, 0.29) is 17.7 Å². The van der Waals surface area contributed by atoms with Gasteiger partial charge in [-0.3, -0.25) is 14.4 Å². The lowest BCUT2D eigenvalue weighted by molar-refractivity contribution is -0.121. The summed E-state index contributed by atoms with van der Waals surface area (Å²) in [6, 6.07) is 11.1. The highest BCUT2D eigenvalue weighted by molar-refractivity contribution is 8.15. The molecule has 3 amide bonds. The van der Waals surface area contributed by atoms with Crippen LogP contribution in [0.25, 0.3) is 0 Å². The van der Waals surface area contributed by atoms with Crippen LogP contribution in [0.15, 0.2) is 42.5 Å². The normalized spacial score (nSPS) is 16.1. The predicted octanol–water partition coefficient (Wildman–Crippen LogP) is 3.30. The third kappa shape index (κ3) is 4.40. The van der Waals surface area contributed by atoms with Crippen molar-refractivity contribution < 1.29 is 29.0 Å². The van der Waals surface area contributed by atoms with Crippen molar-refractivity contribution in [2.45, 2.75) is 18.6 Å². The van der Waals surface area contributed by atoms with Crippen molar-refractivity contribution in [3.63, 3.8) is 0 Å². The molecular formula is C20H18N2O6S. The number of carboxylic acid groups (broad SMARTS) is 1. The summed E-state index contributed by atoms with van der Waals surface area (Å²) in [5.74, 6) is -1.74. The van der Waals surface area contributed by atoms with Crippen LogP contribution in [0.2, 0.25) is 0 Å². The van der Waals surface area contributed by atoms with Crippen molar-refractivity contribution >= 4 is 46.2 Å². The monoisotopic (exact) mass is 414 g/mol. The third-order valence-corrected chi connectivity index (χ3v) is 5.32. The number of thioether (sulfide) groups is 1. The summed E-state index contributed by atoms with van der Waals surface area (Å²) in [5, 5.41) is 10.4. The van der Waals surface area contributed by atoms with Crippen LogP contribution in [0, 0.1) is 6.92 Å². The first-order valence-electron chi connectivity index (χ1n) is 8.62. The van der Waals surface area contributed by atoms with Gasteiger partial charge in [-0.2, -0.15) is 0 Å². The maximum absolute atomic E-state index is 12.7. The number of imide groups is 1. The average Bonchev–Trinajstić information content (AvgIpc) is 2.94. The quantitative estimate of drug-likeness (QED) is 0.746. The minimum atomic E-state index is -1.18. The van der Waals surface area contributed by atoms with Gasteiger partial charge in [-0.05, 0) is 48.5 Å². The number of rotatable bonds is 6. The van der Waals surface area contributed by atoms with Crippen molar-refractivity contribution in [2.24, 2.45) is 0 Å². The zero-order valence-corrected chi connectivity index (χ0v) is 16.5. The van der Waals surface area contributed by atoms with Crippen molar-refractivity contribution in [1.29, 1.82) is 0 Å². The molecule has 1 atom stereocenters. The van der Waals surface area contributed by atoms with Crippen LogP contribution in [0.4, 0.5) is 16.2 Å². The second-order valence-corrected chi connectivity index (χ2v) is 7.51. The number of nitrogens with zero attached hydrogens (tertiary/aromatic N) is 1. The van der Waals surface area contributed by atoms with Crippen LogP contribution in [-0.2, 0) is 9.59 Å². The van der Waals surface area contributed by atoms with Gasteiger partial charge in [0, 0.05) is 12.5 Å². The maximum Gasteiger partial charge on any atom is 0.337 e. The van der Waals surface area contributed by atoms with E-state index in [1.54, 1.807) is 43.3 Å². The number of hydrogen-bond acceptors (Lipinski definition) is 6. The number of hydrogen-bond donors (Lipinski definition) is 2. The first kappa shape index (κ1) is 20.4. The molecule has 0 spiro atoms. The number of ether oxygens (including phenoxy) is 1. The number of methoxy groups -OCH3 is 1. The first-order valence-corrected chi connectivity index (χ1v) is 9.50. The lowest BCUT2D eigenvalue weighted by Crippen LogP contribution is -2.33. The van der Waals surface area contributed by atoms with Crippen LogP contribution < -0.4 is 15.0 Å². The van der Waals surface area contributed by atoms with Gasteiger partial charge in [-0.25, -0.2) is 9.69 Å². The van der Waals surface area contributed by atoms with Crippen LogP contribution in [-0.4, -0.2) is 40.5 Å². The number of aryl methyl sites for hydroxylation is 1. The molecule has 0 aromatic heterocycles. The zero-order valence-electron chi connectivity index (χ0n) is 15.7. The Hall–Kier alpha value is -3.33. The number of carbonyl (C=O) groups is 4. The standard InChI is InChI=1S/C20H18N2O6S/c1-11-6-7-14(19(25)26)15(8-11)21-17(23)10-16-18(24)22(20(27)29-16)12-4-3-5-13(9-12)28-2/h3-9,16H,10H2,1-2H3,(H,21,23)(H,25,26). The molecule has 3 rings (SSSR count). The Balaban J connectivity index is 1.74. The molecule has 1 aliphatic rings. The second-order valence-electron chi connectivity index (χ2n) is 6.35. The summed E-state index contributed by atoms with van der Waals surface area (Å²) in [6.07, 6.45) is -0.261. The molecule has 1 fully saturated rings. The molecule has 150 valence electrons. The third-order valence-electron chi connectivity index (χ3n) is 4.28. The molecule has 9 heteroatoms. The Bertz CT molecular complexity index is 1010. The number of aromatic carboxylic acids is 1. The fourth-order valence-corrected chi connectivity index (χ4v) is 3.87. The number of carboxylic acids is 1. The van der Waals surface area contributed by atoms with E-state index in [1.165, 1.54) is 13.2 Å². The number of carbonyl (C=O) groups excluding carboxylic acids is 3. The molecule has 0 bridgehead atoms. The van der Waals surface area contributed by atoms with Gasteiger partial charge >= 0.3 is 5.97 Å². The summed E-state index contributed by atoms with van der Waals surface area (Å²) < 4.78 is 5.11. The highest BCUT2D eigenvalue weighted by Crippen LogP contribution is 2.35. The van der Waals surface area contributed by atoms with E-state index >= 15 is 0 Å². The molecule has 0 aliphatic carbocycles. The maximum atomic E-state index is 12.7. The topological polar surface area (TPSA) is 113 Å². The lowest BCUT2D eigenvalue weighted by atomic mass is 10.1. The van der Waals surface area contributed by atoms with Crippen molar-refractivity contribution in [2.75, 3.05) is 17.3 Å². The van der Waals surface area contributed by atoms with E-state index in [9.17, 15) is 24.3 Å². The minimum absolute atomic E-state index is 0.0524. The summed E-state index contributed by atoms with van der Waals surface area (Å²) >= 11 is 0.762. The summed E-state index contributed by atoms with van der Waals surface area (Å²) in [4.78, 5) is 49.8. The van der Waals surface area contributed by atoms with Gasteiger partial charge in [0.1, 0.15) is 11.0 Å². The zero-order chi connectivity index (χ0) is 21.1. The van der Waals surface area contributed by atoms with Gasteiger partial charge < -0.3 is 15.2 Å². The fourth-order valence-electron chi connectivity index (χ4n) is 2.89. The van der Waals surface area contributed by atoms with Gasteiger partial charge in [-0.1, -0.05) is 12.1 Å². The van der Waals surface area contributed by atoms with Crippen molar-refractivity contribution in [3.8, 4) is 5.75 Å². The number of amides is 3. The largest absolute Gasteiger partial charge is 0.497 e. The van der Waals surface area contributed by atoms with Crippen molar-refractivity contribution in [3.05, 3.63) is 53.6 Å². The summed E-state index contributed by atoms with van der Waals surface area (Å²) in [6.45, 7) is 1.77. The van der Waals surface area contributed by atoms with Crippen molar-refractivity contribution in [1.82, 2.24) is 0 Å². The van der Waals surface area contributed by atoms with Crippen LogP contribution >= 0.6 is 11.8 Å². The minimum Gasteiger partial charge on any atom is -0.497 e. The van der Waals surface area contributed by atoms with Gasteiger partial charge in [0.25, 0.3) is 5.24 Å². The number of benzene rings is 2. The van der Waals surface area contributed by atoms with Gasteiger partial charge in [0.05, 0.1) is 24.0 Å². The SMILES string of the molecule is COc1cccc(N2C(=O)SC(CC(=O)Nc3cc(C)ccc3C(=O)O)C2=O)c1. The number of nitrogens with one attached hydrogen (secondary N) is 1. The molecule has 2 N–H and O–H groups in total. The molecule has 1 unspecified atom stereocenters. The smallest absolute Gasteiger partial charge is 0.337 e. The van der Waals surface area contributed by atoms with Crippen LogP contribution in [0.5, 0.6) is 5.75 Å². The Morgan fingerprint density at radius 3 is 2.66 bits per heavy atom. The molecule has 29 heavy (non-hydrogen) atoms.